The Bertz CT molecular complexity index is 478. The zero-order chi connectivity index (χ0) is 12.3. The molecular formula is C13H15BrN2O. The lowest BCUT2D eigenvalue weighted by molar-refractivity contribution is 0.413. The summed E-state index contributed by atoms with van der Waals surface area (Å²) in [6.45, 7) is 2.02. The van der Waals surface area contributed by atoms with Gasteiger partial charge < -0.3 is 4.42 Å². The molecular weight excluding hydrogens is 280 g/mol. The van der Waals surface area contributed by atoms with Crippen LogP contribution in [-0.4, -0.2) is 0 Å². The van der Waals surface area contributed by atoms with Crippen LogP contribution in [0, 0.1) is 6.92 Å². The molecule has 4 heteroatoms. The first-order valence-electron chi connectivity index (χ1n) is 5.45. The molecule has 0 saturated carbocycles. The van der Waals surface area contributed by atoms with Gasteiger partial charge in [-0.2, -0.15) is 0 Å². The summed E-state index contributed by atoms with van der Waals surface area (Å²) in [5.74, 6) is 6.49. The molecule has 0 bridgehead atoms. The number of benzene rings is 1. The van der Waals surface area contributed by atoms with Crippen LogP contribution in [0.2, 0.25) is 0 Å². The molecule has 1 aromatic heterocycles. The van der Waals surface area contributed by atoms with E-state index in [9.17, 15) is 0 Å². The van der Waals surface area contributed by atoms with E-state index in [1.54, 1.807) is 6.26 Å². The SMILES string of the molecule is Cc1ccoc1C(Cc1ccc(Br)cc1)NN. The van der Waals surface area contributed by atoms with Crippen molar-refractivity contribution in [3.8, 4) is 0 Å². The summed E-state index contributed by atoms with van der Waals surface area (Å²) >= 11 is 3.42. The maximum Gasteiger partial charge on any atom is 0.125 e. The topological polar surface area (TPSA) is 51.2 Å². The minimum absolute atomic E-state index is 0.00572. The molecule has 0 spiro atoms. The van der Waals surface area contributed by atoms with Gasteiger partial charge in [-0.3, -0.25) is 5.84 Å². The average Bonchev–Trinajstić information content (AvgIpc) is 2.75. The molecule has 0 fully saturated rings. The minimum Gasteiger partial charge on any atom is -0.467 e. The fraction of sp³-hybridized carbons (Fsp3) is 0.231. The van der Waals surface area contributed by atoms with Crippen LogP contribution in [0.25, 0.3) is 0 Å². The first kappa shape index (κ1) is 12.4. The smallest absolute Gasteiger partial charge is 0.125 e. The van der Waals surface area contributed by atoms with Crippen LogP contribution in [0.15, 0.2) is 45.5 Å². The van der Waals surface area contributed by atoms with Gasteiger partial charge in [0.1, 0.15) is 5.76 Å². The van der Waals surface area contributed by atoms with Crippen LogP contribution >= 0.6 is 15.9 Å². The van der Waals surface area contributed by atoms with Crippen LogP contribution < -0.4 is 11.3 Å². The van der Waals surface area contributed by atoms with E-state index in [0.29, 0.717) is 0 Å². The standard InChI is InChI=1S/C13H15BrN2O/c1-9-6-7-17-13(9)12(16-15)8-10-2-4-11(14)5-3-10/h2-7,12,16H,8,15H2,1H3. The Balaban J connectivity index is 2.16. The number of nitrogens with one attached hydrogen (secondary N) is 1. The molecule has 0 aliphatic heterocycles. The van der Waals surface area contributed by atoms with Gasteiger partial charge in [0.2, 0.25) is 0 Å². The predicted molar refractivity (Wildman–Crippen MR) is 71.4 cm³/mol. The van der Waals surface area contributed by atoms with Gasteiger partial charge in [0.05, 0.1) is 12.3 Å². The highest BCUT2D eigenvalue weighted by molar-refractivity contribution is 9.10. The van der Waals surface area contributed by atoms with Gasteiger partial charge in [0.25, 0.3) is 0 Å². The van der Waals surface area contributed by atoms with Gasteiger partial charge in [0.15, 0.2) is 0 Å². The van der Waals surface area contributed by atoms with E-state index in [1.807, 2.05) is 25.1 Å². The Morgan fingerprint density at radius 2 is 2.00 bits per heavy atom. The summed E-state index contributed by atoms with van der Waals surface area (Å²) in [6.07, 6.45) is 2.49. The highest BCUT2D eigenvalue weighted by Gasteiger charge is 2.15. The van der Waals surface area contributed by atoms with E-state index in [-0.39, 0.29) is 6.04 Å². The maximum atomic E-state index is 5.59. The molecule has 0 aliphatic carbocycles. The Morgan fingerprint density at radius 3 is 2.53 bits per heavy atom. The summed E-state index contributed by atoms with van der Waals surface area (Å²) in [4.78, 5) is 0. The number of aryl methyl sites for hydroxylation is 1. The van der Waals surface area contributed by atoms with E-state index >= 15 is 0 Å². The van der Waals surface area contributed by atoms with E-state index in [2.05, 4.69) is 33.5 Å². The molecule has 2 aromatic rings. The lowest BCUT2D eigenvalue weighted by Crippen LogP contribution is -2.29. The van der Waals surface area contributed by atoms with E-state index < -0.39 is 0 Å². The zero-order valence-corrected chi connectivity index (χ0v) is 11.2. The lowest BCUT2D eigenvalue weighted by Gasteiger charge is -2.14. The monoisotopic (exact) mass is 294 g/mol. The summed E-state index contributed by atoms with van der Waals surface area (Å²) < 4.78 is 6.54. The van der Waals surface area contributed by atoms with Crippen molar-refractivity contribution in [2.24, 2.45) is 5.84 Å². The van der Waals surface area contributed by atoms with E-state index in [0.717, 1.165) is 22.2 Å². The number of rotatable bonds is 4. The third-order valence-electron chi connectivity index (χ3n) is 2.77. The first-order chi connectivity index (χ1) is 8.20. The summed E-state index contributed by atoms with van der Waals surface area (Å²) in [7, 11) is 0. The van der Waals surface area contributed by atoms with Gasteiger partial charge in [0, 0.05) is 4.47 Å². The summed E-state index contributed by atoms with van der Waals surface area (Å²) in [5.41, 5.74) is 5.13. The summed E-state index contributed by atoms with van der Waals surface area (Å²) in [5, 5.41) is 0. The number of hydrazine groups is 1. The predicted octanol–water partition coefficient (Wildman–Crippen LogP) is 3.10. The van der Waals surface area contributed by atoms with Crippen molar-refractivity contribution >= 4 is 15.9 Å². The quantitative estimate of drug-likeness (QED) is 0.673. The molecule has 1 heterocycles. The average molecular weight is 295 g/mol. The van der Waals surface area contributed by atoms with Gasteiger partial charge in [-0.25, -0.2) is 5.43 Å². The molecule has 3 nitrogen and oxygen atoms in total. The maximum absolute atomic E-state index is 5.59. The molecule has 90 valence electrons. The molecule has 0 aliphatic rings. The third-order valence-corrected chi connectivity index (χ3v) is 3.30. The van der Waals surface area contributed by atoms with Gasteiger partial charge in [-0.1, -0.05) is 28.1 Å². The highest BCUT2D eigenvalue weighted by atomic mass is 79.9. The van der Waals surface area contributed by atoms with Crippen LogP contribution in [0.5, 0.6) is 0 Å². The van der Waals surface area contributed by atoms with E-state index in [4.69, 9.17) is 10.3 Å². The van der Waals surface area contributed by atoms with Crippen molar-refractivity contribution in [1.82, 2.24) is 5.43 Å². The minimum atomic E-state index is 0.00572. The number of hydrogen-bond donors (Lipinski definition) is 2. The molecule has 1 unspecified atom stereocenters. The normalized spacial score (nSPS) is 12.6. The van der Waals surface area contributed by atoms with Crippen LogP contribution in [0.4, 0.5) is 0 Å². The molecule has 0 radical (unpaired) electrons. The third kappa shape index (κ3) is 2.97. The van der Waals surface area contributed by atoms with Crippen molar-refractivity contribution in [2.75, 3.05) is 0 Å². The molecule has 1 aromatic carbocycles. The number of furan rings is 1. The van der Waals surface area contributed by atoms with Crippen molar-refractivity contribution in [2.45, 2.75) is 19.4 Å². The van der Waals surface area contributed by atoms with Crippen molar-refractivity contribution in [3.05, 3.63) is 58.0 Å². The van der Waals surface area contributed by atoms with Crippen molar-refractivity contribution in [3.63, 3.8) is 0 Å². The highest BCUT2D eigenvalue weighted by Crippen LogP contribution is 2.22. The largest absolute Gasteiger partial charge is 0.467 e. The first-order valence-corrected chi connectivity index (χ1v) is 6.24. The molecule has 0 saturated heterocycles. The van der Waals surface area contributed by atoms with Crippen LogP contribution in [-0.2, 0) is 6.42 Å². The van der Waals surface area contributed by atoms with Gasteiger partial charge in [-0.05, 0) is 42.7 Å². The van der Waals surface area contributed by atoms with Crippen LogP contribution in [0.1, 0.15) is 22.9 Å². The molecule has 2 rings (SSSR count). The Labute approximate surface area is 109 Å². The number of hydrogen-bond acceptors (Lipinski definition) is 3. The molecule has 0 amide bonds. The molecule has 17 heavy (non-hydrogen) atoms. The number of halogens is 1. The lowest BCUT2D eigenvalue weighted by atomic mass is 10.0. The van der Waals surface area contributed by atoms with Crippen molar-refractivity contribution < 1.29 is 4.42 Å². The second-order valence-corrected chi connectivity index (χ2v) is 4.93. The molecule has 1 atom stereocenters. The second-order valence-electron chi connectivity index (χ2n) is 4.02. The Morgan fingerprint density at radius 1 is 1.29 bits per heavy atom. The van der Waals surface area contributed by atoms with E-state index in [1.165, 1.54) is 5.56 Å². The van der Waals surface area contributed by atoms with Crippen molar-refractivity contribution in [1.29, 1.82) is 0 Å². The second kappa shape index (κ2) is 5.49. The Kier molecular flexibility index (Phi) is 3.99. The summed E-state index contributed by atoms with van der Waals surface area (Å²) in [6, 6.07) is 10.2. The molecule has 3 N–H and O–H groups in total. The van der Waals surface area contributed by atoms with Crippen LogP contribution in [0.3, 0.4) is 0 Å². The van der Waals surface area contributed by atoms with Gasteiger partial charge in [-0.15, -0.1) is 0 Å². The fourth-order valence-electron chi connectivity index (χ4n) is 1.82. The van der Waals surface area contributed by atoms with Gasteiger partial charge >= 0.3 is 0 Å². The number of nitrogens with two attached hydrogens (primary N) is 1. The Hall–Kier alpha value is -1.10. The zero-order valence-electron chi connectivity index (χ0n) is 9.61. The fourth-order valence-corrected chi connectivity index (χ4v) is 2.09.